The normalized spacial score (nSPS) is 11.6. The molecular weight excluding hydrogens is 244 g/mol. The summed E-state index contributed by atoms with van der Waals surface area (Å²) in [6.07, 6.45) is 4.25. The van der Waals surface area contributed by atoms with Crippen LogP contribution >= 0.6 is 0 Å². The Kier molecular flexibility index (Phi) is 2.58. The van der Waals surface area contributed by atoms with Crippen molar-refractivity contribution in [3.05, 3.63) is 30.0 Å². The SMILES string of the molecule is Cc1nc(S(=O)(=O)n2cc(C=O)cn2)cn1C. The quantitative estimate of drug-likeness (QED) is 0.718. The van der Waals surface area contributed by atoms with E-state index < -0.39 is 10.0 Å². The molecule has 7 nitrogen and oxygen atoms in total. The molecule has 0 fully saturated rings. The Hall–Kier alpha value is -1.96. The average Bonchev–Trinajstić information content (AvgIpc) is 2.87. The Labute approximate surface area is 97.8 Å². The number of rotatable bonds is 3. The fraction of sp³-hybridized carbons (Fsp3) is 0.222. The third kappa shape index (κ3) is 1.86. The van der Waals surface area contributed by atoms with E-state index in [1.165, 1.54) is 12.4 Å². The summed E-state index contributed by atoms with van der Waals surface area (Å²) in [5.41, 5.74) is 0.196. The van der Waals surface area contributed by atoms with Crippen molar-refractivity contribution >= 4 is 16.3 Å². The summed E-state index contributed by atoms with van der Waals surface area (Å²) in [7, 11) is -2.12. The molecule has 90 valence electrons. The molecule has 0 amide bonds. The van der Waals surface area contributed by atoms with E-state index in [0.29, 0.717) is 12.1 Å². The Bertz CT molecular complexity index is 649. The second-order valence-electron chi connectivity index (χ2n) is 3.51. The van der Waals surface area contributed by atoms with Gasteiger partial charge in [-0.15, -0.1) is 0 Å². The van der Waals surface area contributed by atoms with Crippen LogP contribution < -0.4 is 0 Å². The van der Waals surface area contributed by atoms with Crippen molar-refractivity contribution < 1.29 is 13.2 Å². The summed E-state index contributed by atoms with van der Waals surface area (Å²) in [4.78, 5) is 14.4. The highest BCUT2D eigenvalue weighted by Crippen LogP contribution is 2.12. The third-order valence-electron chi connectivity index (χ3n) is 2.31. The number of nitrogens with zero attached hydrogens (tertiary/aromatic N) is 4. The molecule has 0 saturated carbocycles. The molecule has 0 radical (unpaired) electrons. The summed E-state index contributed by atoms with van der Waals surface area (Å²) in [6.45, 7) is 1.69. The maximum atomic E-state index is 12.0. The van der Waals surface area contributed by atoms with E-state index in [-0.39, 0.29) is 10.6 Å². The lowest BCUT2D eigenvalue weighted by Crippen LogP contribution is -2.13. The number of carbonyl (C=O) groups is 1. The molecule has 2 aromatic heterocycles. The van der Waals surface area contributed by atoms with Crippen LogP contribution in [0.1, 0.15) is 16.2 Å². The number of aromatic nitrogens is 4. The molecule has 0 aromatic carbocycles. The summed E-state index contributed by atoms with van der Waals surface area (Å²) in [5, 5.41) is 3.52. The minimum absolute atomic E-state index is 0.0990. The third-order valence-corrected chi connectivity index (χ3v) is 3.73. The van der Waals surface area contributed by atoms with Crippen molar-refractivity contribution in [2.45, 2.75) is 11.9 Å². The van der Waals surface area contributed by atoms with E-state index in [1.54, 1.807) is 18.5 Å². The largest absolute Gasteiger partial charge is 0.337 e. The molecule has 0 atom stereocenters. The highest BCUT2D eigenvalue weighted by atomic mass is 32.2. The number of aryl methyl sites for hydroxylation is 2. The molecule has 0 aliphatic carbocycles. The molecule has 0 saturated heterocycles. The molecule has 2 rings (SSSR count). The van der Waals surface area contributed by atoms with Crippen LogP contribution in [0.4, 0.5) is 0 Å². The van der Waals surface area contributed by atoms with Crippen molar-refractivity contribution in [3.63, 3.8) is 0 Å². The van der Waals surface area contributed by atoms with Crippen LogP contribution in [0.25, 0.3) is 0 Å². The lowest BCUT2D eigenvalue weighted by atomic mass is 10.4. The molecule has 2 aromatic rings. The average molecular weight is 254 g/mol. The van der Waals surface area contributed by atoms with Crippen molar-refractivity contribution in [2.24, 2.45) is 7.05 Å². The topological polar surface area (TPSA) is 86.8 Å². The number of hydrogen-bond acceptors (Lipinski definition) is 5. The van der Waals surface area contributed by atoms with E-state index >= 15 is 0 Å². The number of carbonyl (C=O) groups excluding carboxylic acids is 1. The zero-order chi connectivity index (χ0) is 12.6. The molecule has 0 N–H and O–H groups in total. The molecule has 2 heterocycles. The van der Waals surface area contributed by atoms with Crippen LogP contribution in [-0.2, 0) is 17.1 Å². The van der Waals surface area contributed by atoms with Gasteiger partial charge in [0.2, 0.25) is 0 Å². The van der Waals surface area contributed by atoms with Gasteiger partial charge < -0.3 is 4.57 Å². The summed E-state index contributed by atoms with van der Waals surface area (Å²) >= 11 is 0. The van der Waals surface area contributed by atoms with Crippen molar-refractivity contribution in [1.82, 2.24) is 18.7 Å². The maximum absolute atomic E-state index is 12.0. The second-order valence-corrected chi connectivity index (χ2v) is 5.25. The Morgan fingerprint density at radius 2 is 2.06 bits per heavy atom. The fourth-order valence-corrected chi connectivity index (χ4v) is 2.42. The van der Waals surface area contributed by atoms with Gasteiger partial charge in [-0.05, 0) is 6.92 Å². The van der Waals surface area contributed by atoms with Gasteiger partial charge in [0.15, 0.2) is 11.3 Å². The van der Waals surface area contributed by atoms with Gasteiger partial charge in [0.1, 0.15) is 5.82 Å². The minimum Gasteiger partial charge on any atom is -0.337 e. The van der Waals surface area contributed by atoms with E-state index in [2.05, 4.69) is 10.1 Å². The predicted molar refractivity (Wildman–Crippen MR) is 58.1 cm³/mol. The smallest absolute Gasteiger partial charge is 0.301 e. The Morgan fingerprint density at radius 3 is 2.53 bits per heavy atom. The highest BCUT2D eigenvalue weighted by molar-refractivity contribution is 7.89. The Balaban J connectivity index is 2.53. The first-order valence-electron chi connectivity index (χ1n) is 4.70. The Morgan fingerprint density at radius 1 is 1.35 bits per heavy atom. The van der Waals surface area contributed by atoms with Crippen LogP contribution in [-0.4, -0.2) is 33.4 Å². The summed E-state index contributed by atoms with van der Waals surface area (Å²) < 4.78 is 26.4. The van der Waals surface area contributed by atoms with Crippen molar-refractivity contribution in [1.29, 1.82) is 0 Å². The number of imidazole rings is 1. The zero-order valence-corrected chi connectivity index (χ0v) is 10.0. The van der Waals surface area contributed by atoms with Gasteiger partial charge in [-0.2, -0.15) is 17.6 Å². The van der Waals surface area contributed by atoms with Gasteiger partial charge >= 0.3 is 10.0 Å². The van der Waals surface area contributed by atoms with Crippen LogP contribution in [0.5, 0.6) is 0 Å². The monoisotopic (exact) mass is 254 g/mol. The van der Waals surface area contributed by atoms with Crippen LogP contribution in [0, 0.1) is 6.92 Å². The molecular formula is C9H10N4O3S. The van der Waals surface area contributed by atoms with Gasteiger partial charge in [0.25, 0.3) is 0 Å². The fourth-order valence-electron chi connectivity index (χ4n) is 1.26. The summed E-state index contributed by atoms with van der Waals surface area (Å²) in [6, 6.07) is 0. The van der Waals surface area contributed by atoms with E-state index in [9.17, 15) is 13.2 Å². The molecule has 0 bridgehead atoms. The summed E-state index contributed by atoms with van der Waals surface area (Å²) in [5.74, 6) is 0.575. The molecule has 0 aliphatic heterocycles. The zero-order valence-electron chi connectivity index (χ0n) is 9.23. The van der Waals surface area contributed by atoms with Crippen LogP contribution in [0.15, 0.2) is 23.6 Å². The van der Waals surface area contributed by atoms with Crippen LogP contribution in [0.3, 0.4) is 0 Å². The van der Waals surface area contributed by atoms with Gasteiger partial charge in [-0.25, -0.2) is 4.98 Å². The van der Waals surface area contributed by atoms with Crippen molar-refractivity contribution in [3.8, 4) is 0 Å². The highest BCUT2D eigenvalue weighted by Gasteiger charge is 2.21. The van der Waals surface area contributed by atoms with Crippen molar-refractivity contribution in [2.75, 3.05) is 0 Å². The molecule has 17 heavy (non-hydrogen) atoms. The second kappa shape index (κ2) is 3.81. The number of hydrogen-bond donors (Lipinski definition) is 0. The van der Waals surface area contributed by atoms with E-state index in [4.69, 9.17) is 0 Å². The van der Waals surface area contributed by atoms with Gasteiger partial charge in [-0.3, -0.25) is 4.79 Å². The first-order chi connectivity index (χ1) is 7.95. The standard InChI is InChI=1S/C9H10N4O3S/c1-7-11-9(5-12(7)2)17(15,16)13-4-8(6-14)3-10-13/h3-6H,1-2H3. The maximum Gasteiger partial charge on any atom is 0.301 e. The first kappa shape index (κ1) is 11.5. The number of aldehydes is 1. The minimum atomic E-state index is -3.82. The van der Waals surface area contributed by atoms with Crippen LogP contribution in [0.2, 0.25) is 0 Å². The molecule has 0 aliphatic rings. The molecule has 0 unspecified atom stereocenters. The lowest BCUT2D eigenvalue weighted by molar-refractivity contribution is 0.112. The van der Waals surface area contributed by atoms with Gasteiger partial charge in [0, 0.05) is 13.2 Å². The lowest BCUT2D eigenvalue weighted by Gasteiger charge is -1.98. The van der Waals surface area contributed by atoms with Gasteiger partial charge in [0.05, 0.1) is 18.0 Å². The van der Waals surface area contributed by atoms with Gasteiger partial charge in [-0.1, -0.05) is 0 Å². The van der Waals surface area contributed by atoms with E-state index in [1.807, 2.05) is 0 Å². The molecule has 8 heteroatoms. The molecule has 0 spiro atoms. The van der Waals surface area contributed by atoms with E-state index in [0.717, 1.165) is 10.3 Å². The predicted octanol–water partition coefficient (Wildman–Crippen LogP) is -0.0255. The first-order valence-corrected chi connectivity index (χ1v) is 6.14.